The molecule has 32 heavy (non-hydrogen) atoms. The Labute approximate surface area is 195 Å². The Morgan fingerprint density at radius 2 is 1.44 bits per heavy atom. The number of carbonyl (C=O) groups excluding carboxylic acids is 1. The second-order valence-corrected chi connectivity index (χ2v) is 10.3. The smallest absolute Gasteiger partial charge is 0.481 e. The molecule has 3 aliphatic carbocycles. The Kier molecular flexibility index (Phi) is 8.97. The van der Waals surface area contributed by atoms with E-state index in [4.69, 9.17) is 33.0 Å². The molecule has 0 spiro atoms. The SMILES string of the molecule is O=C(O)C1CCC(NC(=O)C2CC(Cl)C(Cl)CC2OC2CCC(OC(F)(F)F)CC2)CC1. The van der Waals surface area contributed by atoms with Gasteiger partial charge in [0, 0.05) is 6.04 Å². The highest BCUT2D eigenvalue weighted by Gasteiger charge is 2.43. The van der Waals surface area contributed by atoms with E-state index in [9.17, 15) is 22.8 Å². The van der Waals surface area contributed by atoms with E-state index in [0.717, 1.165) is 0 Å². The van der Waals surface area contributed by atoms with Crippen LogP contribution in [0.4, 0.5) is 13.2 Å². The van der Waals surface area contributed by atoms with Crippen LogP contribution in [0.3, 0.4) is 0 Å². The highest BCUT2D eigenvalue weighted by atomic mass is 35.5. The molecule has 0 radical (unpaired) electrons. The molecule has 0 heterocycles. The molecule has 2 N–H and O–H groups in total. The van der Waals surface area contributed by atoms with E-state index in [2.05, 4.69) is 10.1 Å². The average Bonchev–Trinajstić information content (AvgIpc) is 2.71. The van der Waals surface area contributed by atoms with E-state index < -0.39 is 30.5 Å². The van der Waals surface area contributed by atoms with Gasteiger partial charge in [-0.3, -0.25) is 14.3 Å². The minimum atomic E-state index is -4.64. The van der Waals surface area contributed by atoms with E-state index in [1.807, 2.05) is 0 Å². The number of hydrogen-bond donors (Lipinski definition) is 2. The summed E-state index contributed by atoms with van der Waals surface area (Å²) in [5, 5.41) is 11.4. The van der Waals surface area contributed by atoms with Gasteiger partial charge in [-0.1, -0.05) is 0 Å². The first-order chi connectivity index (χ1) is 15.0. The highest BCUT2D eigenvalue weighted by molar-refractivity contribution is 6.30. The molecule has 0 saturated heterocycles. The number of carboxylic acids is 1. The quantitative estimate of drug-likeness (QED) is 0.517. The number of carboxylic acid groups (broad SMARTS) is 1. The fourth-order valence-electron chi connectivity index (χ4n) is 5.02. The minimum Gasteiger partial charge on any atom is -0.481 e. The number of hydrogen-bond acceptors (Lipinski definition) is 4. The number of rotatable bonds is 6. The van der Waals surface area contributed by atoms with Crippen LogP contribution in [0.1, 0.15) is 64.2 Å². The van der Waals surface area contributed by atoms with Gasteiger partial charge in [0.25, 0.3) is 0 Å². The van der Waals surface area contributed by atoms with Crippen molar-refractivity contribution in [3.05, 3.63) is 0 Å². The highest BCUT2D eigenvalue weighted by Crippen LogP contribution is 2.37. The van der Waals surface area contributed by atoms with Crippen LogP contribution in [-0.2, 0) is 19.1 Å². The van der Waals surface area contributed by atoms with E-state index in [1.165, 1.54) is 0 Å². The lowest BCUT2D eigenvalue weighted by Gasteiger charge is -2.40. The van der Waals surface area contributed by atoms with Crippen LogP contribution in [0.15, 0.2) is 0 Å². The zero-order valence-electron chi connectivity index (χ0n) is 17.7. The van der Waals surface area contributed by atoms with Crippen LogP contribution >= 0.6 is 23.2 Å². The maximum atomic E-state index is 13.0. The summed E-state index contributed by atoms with van der Waals surface area (Å²) in [6.45, 7) is 0. The molecular weight excluding hydrogens is 474 g/mol. The van der Waals surface area contributed by atoms with E-state index in [0.29, 0.717) is 51.4 Å². The summed E-state index contributed by atoms with van der Waals surface area (Å²) >= 11 is 12.7. The molecule has 0 aromatic carbocycles. The standard InChI is InChI=1S/C21H30Cl2F3NO5/c22-16-9-15(19(28)27-12-3-1-11(2-4-12)20(29)30)18(10-17(16)23)31-13-5-7-14(8-6-13)32-21(24,25)26/h11-18H,1-10H2,(H,27,28)(H,29,30). The summed E-state index contributed by atoms with van der Waals surface area (Å²) in [5.41, 5.74) is 0. The maximum absolute atomic E-state index is 13.0. The van der Waals surface area contributed by atoms with Gasteiger partial charge in [0.1, 0.15) is 0 Å². The molecule has 3 rings (SSSR count). The molecule has 3 aliphatic rings. The second kappa shape index (κ2) is 11.1. The second-order valence-electron chi connectivity index (χ2n) is 9.14. The predicted octanol–water partition coefficient (Wildman–Crippen LogP) is 4.60. The fourth-order valence-corrected chi connectivity index (χ4v) is 5.59. The van der Waals surface area contributed by atoms with Crippen molar-refractivity contribution in [2.75, 3.05) is 0 Å². The summed E-state index contributed by atoms with van der Waals surface area (Å²) in [4.78, 5) is 24.2. The predicted molar refractivity (Wildman–Crippen MR) is 112 cm³/mol. The Morgan fingerprint density at radius 3 is 2.00 bits per heavy atom. The van der Waals surface area contributed by atoms with Gasteiger partial charge in [-0.15, -0.1) is 36.4 Å². The molecule has 0 aliphatic heterocycles. The van der Waals surface area contributed by atoms with Crippen molar-refractivity contribution in [1.82, 2.24) is 5.32 Å². The van der Waals surface area contributed by atoms with Crippen molar-refractivity contribution in [2.45, 2.75) is 106 Å². The molecular formula is C21H30Cl2F3NO5. The van der Waals surface area contributed by atoms with Crippen molar-refractivity contribution >= 4 is 35.1 Å². The molecule has 4 unspecified atom stereocenters. The molecule has 6 nitrogen and oxygen atoms in total. The summed E-state index contributed by atoms with van der Waals surface area (Å²) in [7, 11) is 0. The van der Waals surface area contributed by atoms with Crippen LogP contribution in [-0.4, -0.2) is 58.5 Å². The Morgan fingerprint density at radius 1 is 0.875 bits per heavy atom. The van der Waals surface area contributed by atoms with E-state index in [-0.39, 0.29) is 47.6 Å². The van der Waals surface area contributed by atoms with Gasteiger partial charge in [0.05, 0.1) is 40.9 Å². The summed E-state index contributed by atoms with van der Waals surface area (Å²) in [5.74, 6) is -1.86. The maximum Gasteiger partial charge on any atom is 0.522 e. The van der Waals surface area contributed by atoms with Crippen molar-refractivity contribution < 1.29 is 37.3 Å². The monoisotopic (exact) mass is 503 g/mol. The largest absolute Gasteiger partial charge is 0.522 e. The molecule has 0 aromatic heterocycles. The first kappa shape index (κ1) is 25.8. The van der Waals surface area contributed by atoms with Crippen molar-refractivity contribution in [3.8, 4) is 0 Å². The third-order valence-corrected chi connectivity index (χ3v) is 7.92. The third kappa shape index (κ3) is 7.37. The number of amides is 1. The summed E-state index contributed by atoms with van der Waals surface area (Å²) in [6.07, 6.45) is -1.92. The molecule has 1 amide bonds. The Bertz CT molecular complexity index is 652. The molecule has 184 valence electrons. The van der Waals surface area contributed by atoms with Gasteiger partial charge >= 0.3 is 12.3 Å². The lowest BCUT2D eigenvalue weighted by molar-refractivity contribution is -0.346. The van der Waals surface area contributed by atoms with Gasteiger partial charge in [0.15, 0.2) is 0 Å². The average molecular weight is 504 g/mol. The normalized spacial score (nSPS) is 38.8. The van der Waals surface area contributed by atoms with E-state index in [1.54, 1.807) is 0 Å². The van der Waals surface area contributed by atoms with Gasteiger partial charge in [0.2, 0.25) is 5.91 Å². The van der Waals surface area contributed by atoms with Gasteiger partial charge in [-0.25, -0.2) is 0 Å². The van der Waals surface area contributed by atoms with Crippen molar-refractivity contribution in [3.63, 3.8) is 0 Å². The molecule has 3 fully saturated rings. The van der Waals surface area contributed by atoms with Crippen LogP contribution in [0.2, 0.25) is 0 Å². The van der Waals surface area contributed by atoms with Gasteiger partial charge < -0.3 is 15.2 Å². The van der Waals surface area contributed by atoms with Crippen LogP contribution in [0.25, 0.3) is 0 Å². The van der Waals surface area contributed by atoms with Gasteiger partial charge in [-0.05, 0) is 64.2 Å². The third-order valence-electron chi connectivity index (χ3n) is 6.83. The zero-order chi connectivity index (χ0) is 23.5. The first-order valence-electron chi connectivity index (χ1n) is 11.2. The van der Waals surface area contributed by atoms with Gasteiger partial charge in [-0.2, -0.15) is 0 Å². The van der Waals surface area contributed by atoms with Crippen molar-refractivity contribution in [2.24, 2.45) is 11.8 Å². The summed E-state index contributed by atoms with van der Waals surface area (Å²) in [6, 6.07) is -0.0868. The number of alkyl halides is 5. The molecule has 4 atom stereocenters. The number of halogens is 5. The van der Waals surface area contributed by atoms with Crippen LogP contribution < -0.4 is 5.32 Å². The lowest BCUT2D eigenvalue weighted by atomic mass is 9.82. The van der Waals surface area contributed by atoms with E-state index >= 15 is 0 Å². The molecule has 0 aromatic rings. The number of carbonyl (C=O) groups is 2. The first-order valence-corrected chi connectivity index (χ1v) is 12.1. The van der Waals surface area contributed by atoms with Crippen molar-refractivity contribution in [1.29, 1.82) is 0 Å². The Balaban J connectivity index is 1.53. The Hall–Kier alpha value is -0.770. The number of ether oxygens (including phenoxy) is 2. The summed E-state index contributed by atoms with van der Waals surface area (Å²) < 4.78 is 47.6. The molecule has 0 bridgehead atoms. The molecule has 11 heteroatoms. The number of nitrogens with one attached hydrogen (secondary N) is 1. The van der Waals surface area contributed by atoms with Crippen LogP contribution in [0, 0.1) is 11.8 Å². The minimum absolute atomic E-state index is 0.0868. The fraction of sp³-hybridized carbons (Fsp3) is 0.905. The topological polar surface area (TPSA) is 84.9 Å². The zero-order valence-corrected chi connectivity index (χ0v) is 19.2. The number of aliphatic carboxylic acids is 1. The van der Waals surface area contributed by atoms with Crippen LogP contribution in [0.5, 0.6) is 0 Å². The lowest BCUT2D eigenvalue weighted by Crippen LogP contribution is -2.50. The molecule has 3 saturated carbocycles.